The van der Waals surface area contributed by atoms with E-state index in [1.54, 1.807) is 0 Å². The first-order valence-corrected chi connectivity index (χ1v) is 8.61. The summed E-state index contributed by atoms with van der Waals surface area (Å²) in [5, 5.41) is 4.21. The van der Waals surface area contributed by atoms with E-state index in [4.69, 9.17) is 4.74 Å². The fourth-order valence-corrected chi connectivity index (χ4v) is 2.48. The predicted molar refractivity (Wildman–Crippen MR) is 96.8 cm³/mol. The van der Waals surface area contributed by atoms with Crippen LogP contribution < -0.4 is 4.74 Å². The highest BCUT2D eigenvalue weighted by atomic mass is 19.1. The Morgan fingerprint density at radius 2 is 1.77 bits per heavy atom. The molecule has 6 heteroatoms. The molecule has 1 aromatic heterocycles. The van der Waals surface area contributed by atoms with E-state index in [0.29, 0.717) is 18.0 Å². The second-order valence-corrected chi connectivity index (χ2v) is 5.84. The lowest BCUT2D eigenvalue weighted by Gasteiger charge is -2.05. The van der Waals surface area contributed by atoms with E-state index in [1.807, 2.05) is 31.2 Å². The summed E-state index contributed by atoms with van der Waals surface area (Å²) in [5.74, 6) is -0.394. The number of nitrogens with zero attached hydrogens (tertiary/aromatic N) is 3. The number of carbonyl (C=O) groups is 1. The first kappa shape index (κ1) is 17.8. The van der Waals surface area contributed by atoms with Crippen molar-refractivity contribution in [3.05, 3.63) is 65.5 Å². The number of hydrogen-bond acceptors (Lipinski definition) is 4. The molecule has 0 bridgehead atoms. The molecule has 2 aromatic carbocycles. The molecule has 0 aliphatic heterocycles. The summed E-state index contributed by atoms with van der Waals surface area (Å²) < 4.78 is 19.8. The Hall–Kier alpha value is -3.02. The van der Waals surface area contributed by atoms with E-state index >= 15 is 0 Å². The maximum atomic E-state index is 13.1. The zero-order valence-corrected chi connectivity index (χ0v) is 14.8. The zero-order valence-electron chi connectivity index (χ0n) is 14.8. The summed E-state index contributed by atoms with van der Waals surface area (Å²) in [7, 11) is 0. The molecule has 0 aliphatic rings. The molecule has 3 rings (SSSR count). The third-order valence-corrected chi connectivity index (χ3v) is 3.93. The third kappa shape index (κ3) is 3.79. The normalized spacial score (nSPS) is 10.7. The average molecular weight is 353 g/mol. The van der Waals surface area contributed by atoms with Crippen LogP contribution in [-0.2, 0) is 6.42 Å². The van der Waals surface area contributed by atoms with Gasteiger partial charge < -0.3 is 4.74 Å². The van der Waals surface area contributed by atoms with E-state index in [-0.39, 0.29) is 6.01 Å². The molecule has 0 saturated heterocycles. The molecule has 0 N–H and O–H groups in total. The van der Waals surface area contributed by atoms with Gasteiger partial charge in [0.15, 0.2) is 5.82 Å². The molecule has 0 spiro atoms. The van der Waals surface area contributed by atoms with Gasteiger partial charge in [0.1, 0.15) is 5.82 Å². The van der Waals surface area contributed by atoms with Crippen molar-refractivity contribution in [2.45, 2.75) is 26.7 Å². The Balaban J connectivity index is 2.02. The molecular weight excluding hydrogens is 333 g/mol. The lowest BCUT2D eigenvalue weighted by atomic mass is 10.1. The van der Waals surface area contributed by atoms with Crippen LogP contribution in [0.1, 0.15) is 36.2 Å². The maximum absolute atomic E-state index is 13.1. The number of aryl methyl sites for hydroxylation is 1. The van der Waals surface area contributed by atoms with E-state index in [9.17, 15) is 9.18 Å². The molecule has 0 amide bonds. The van der Waals surface area contributed by atoms with E-state index in [1.165, 1.54) is 34.5 Å². The molecule has 0 aliphatic carbocycles. The Bertz CT molecular complexity index is 886. The van der Waals surface area contributed by atoms with Crippen molar-refractivity contribution in [2.75, 3.05) is 6.61 Å². The van der Waals surface area contributed by atoms with Crippen molar-refractivity contribution in [3.63, 3.8) is 0 Å². The predicted octanol–water partition coefficient (Wildman–Crippen LogP) is 4.12. The van der Waals surface area contributed by atoms with Crippen LogP contribution in [0.4, 0.5) is 4.39 Å². The van der Waals surface area contributed by atoms with Gasteiger partial charge in [0.2, 0.25) is 0 Å². The Kier molecular flexibility index (Phi) is 5.41. The lowest BCUT2D eigenvalue weighted by Crippen LogP contribution is -2.15. The van der Waals surface area contributed by atoms with Crippen LogP contribution in [0.25, 0.3) is 11.4 Å². The third-order valence-electron chi connectivity index (χ3n) is 3.93. The number of aromatic nitrogens is 3. The molecule has 0 atom stereocenters. The summed E-state index contributed by atoms with van der Waals surface area (Å²) >= 11 is 0. The SMILES string of the molecule is CCCOc1nc(-c2ccc(CC)cc2)n(C(=O)c2ccc(F)cc2)n1. The Morgan fingerprint density at radius 3 is 2.38 bits per heavy atom. The second-order valence-electron chi connectivity index (χ2n) is 5.84. The van der Waals surface area contributed by atoms with Crippen LogP contribution in [0.2, 0.25) is 0 Å². The van der Waals surface area contributed by atoms with E-state index < -0.39 is 11.7 Å². The van der Waals surface area contributed by atoms with Crippen LogP contribution in [0.15, 0.2) is 48.5 Å². The van der Waals surface area contributed by atoms with Gasteiger partial charge in [-0.3, -0.25) is 4.79 Å². The van der Waals surface area contributed by atoms with Gasteiger partial charge in [0, 0.05) is 11.1 Å². The van der Waals surface area contributed by atoms with Gasteiger partial charge in [-0.15, -0.1) is 5.10 Å². The van der Waals surface area contributed by atoms with E-state index in [2.05, 4.69) is 17.0 Å². The van der Waals surface area contributed by atoms with Crippen LogP contribution in [0, 0.1) is 5.82 Å². The molecule has 5 nitrogen and oxygen atoms in total. The van der Waals surface area contributed by atoms with Crippen molar-refractivity contribution < 1.29 is 13.9 Å². The quantitative estimate of drug-likeness (QED) is 0.669. The molecule has 0 unspecified atom stereocenters. The van der Waals surface area contributed by atoms with Crippen LogP contribution in [-0.4, -0.2) is 27.3 Å². The monoisotopic (exact) mass is 353 g/mol. The lowest BCUT2D eigenvalue weighted by molar-refractivity contribution is 0.0944. The number of rotatable bonds is 6. The van der Waals surface area contributed by atoms with Crippen molar-refractivity contribution >= 4 is 5.91 Å². The number of ether oxygens (including phenoxy) is 1. The second kappa shape index (κ2) is 7.91. The number of hydrogen-bond donors (Lipinski definition) is 0. The summed E-state index contributed by atoms with van der Waals surface area (Å²) in [4.78, 5) is 17.2. The highest BCUT2D eigenvalue weighted by molar-refractivity contribution is 5.97. The highest BCUT2D eigenvalue weighted by Crippen LogP contribution is 2.22. The Labute approximate surface area is 151 Å². The zero-order chi connectivity index (χ0) is 18.5. The summed E-state index contributed by atoms with van der Waals surface area (Å²) in [6.07, 6.45) is 1.73. The fraction of sp³-hybridized carbons (Fsp3) is 0.250. The average Bonchev–Trinajstić information content (AvgIpc) is 3.10. The molecule has 0 fully saturated rings. The van der Waals surface area contributed by atoms with Gasteiger partial charge in [-0.1, -0.05) is 38.1 Å². The van der Waals surface area contributed by atoms with Gasteiger partial charge in [-0.05, 0) is 42.7 Å². The van der Waals surface area contributed by atoms with Crippen LogP contribution in [0.3, 0.4) is 0 Å². The molecule has 1 heterocycles. The smallest absolute Gasteiger partial charge is 0.336 e. The minimum absolute atomic E-state index is 0.150. The van der Waals surface area contributed by atoms with Crippen LogP contribution in [0.5, 0.6) is 6.01 Å². The van der Waals surface area contributed by atoms with E-state index in [0.717, 1.165) is 18.4 Å². The standard InChI is InChI=1S/C20H20FN3O2/c1-3-13-26-20-22-18(15-7-5-14(4-2)6-8-15)24(23-20)19(25)16-9-11-17(21)12-10-16/h5-12H,3-4,13H2,1-2H3. The molecule has 134 valence electrons. The van der Waals surface area contributed by atoms with Crippen LogP contribution >= 0.6 is 0 Å². The number of carbonyl (C=O) groups excluding carboxylic acids is 1. The first-order valence-electron chi connectivity index (χ1n) is 8.61. The summed E-state index contributed by atoms with van der Waals surface area (Å²) in [5.41, 5.74) is 2.27. The molecular formula is C20H20FN3O2. The maximum Gasteiger partial charge on any atom is 0.336 e. The largest absolute Gasteiger partial charge is 0.462 e. The fourth-order valence-electron chi connectivity index (χ4n) is 2.48. The van der Waals surface area contributed by atoms with Gasteiger partial charge >= 0.3 is 6.01 Å². The van der Waals surface area contributed by atoms with Gasteiger partial charge in [-0.2, -0.15) is 9.67 Å². The van der Waals surface area contributed by atoms with Crippen molar-refractivity contribution in [3.8, 4) is 17.4 Å². The number of benzene rings is 2. The molecule has 0 radical (unpaired) electrons. The Morgan fingerprint density at radius 1 is 1.08 bits per heavy atom. The van der Waals surface area contributed by atoms with Gasteiger partial charge in [-0.25, -0.2) is 4.39 Å². The van der Waals surface area contributed by atoms with Crippen molar-refractivity contribution in [2.24, 2.45) is 0 Å². The minimum atomic E-state index is -0.400. The summed E-state index contributed by atoms with van der Waals surface area (Å²) in [6.45, 7) is 4.51. The van der Waals surface area contributed by atoms with Crippen molar-refractivity contribution in [1.82, 2.24) is 14.8 Å². The van der Waals surface area contributed by atoms with Crippen molar-refractivity contribution in [1.29, 1.82) is 0 Å². The molecule has 3 aromatic rings. The molecule has 0 saturated carbocycles. The minimum Gasteiger partial charge on any atom is -0.462 e. The molecule has 26 heavy (non-hydrogen) atoms. The topological polar surface area (TPSA) is 57.0 Å². The number of halogens is 1. The van der Waals surface area contributed by atoms with Gasteiger partial charge in [0.05, 0.1) is 6.61 Å². The summed E-state index contributed by atoms with van der Waals surface area (Å²) in [6, 6.07) is 13.3. The highest BCUT2D eigenvalue weighted by Gasteiger charge is 2.20. The first-order chi connectivity index (χ1) is 12.6. The van der Waals surface area contributed by atoms with Gasteiger partial charge in [0.25, 0.3) is 5.91 Å².